The van der Waals surface area contributed by atoms with Crippen molar-refractivity contribution in [3.63, 3.8) is 0 Å². The molecule has 0 aromatic heterocycles. The summed E-state index contributed by atoms with van der Waals surface area (Å²) in [7, 11) is 3.49. The molecule has 0 bridgehead atoms. The van der Waals surface area contributed by atoms with Gasteiger partial charge in [0.1, 0.15) is 0 Å². The second-order valence-electron chi connectivity index (χ2n) is 3.76. The average Bonchev–Trinajstić information content (AvgIpc) is 2.43. The fourth-order valence-corrected chi connectivity index (χ4v) is 5.26. The second kappa shape index (κ2) is 6.35. The number of hydrogen-bond acceptors (Lipinski definition) is 2. The van der Waals surface area contributed by atoms with Gasteiger partial charge in [0.25, 0.3) is 0 Å². The number of benzene rings is 2. The normalized spacial score (nSPS) is 10.7. The molecule has 2 aromatic rings. The summed E-state index contributed by atoms with van der Waals surface area (Å²) in [6.45, 7) is 0. The molecule has 0 aliphatic carbocycles. The first-order valence-electron chi connectivity index (χ1n) is 5.51. The van der Waals surface area contributed by atoms with E-state index in [2.05, 4.69) is 34.2 Å². The molecule has 0 heterocycles. The van der Waals surface area contributed by atoms with E-state index in [-0.39, 0.29) is 41.8 Å². The summed E-state index contributed by atoms with van der Waals surface area (Å²) in [5.74, 6) is 2.05. The number of ether oxygens (including phenoxy) is 2. The van der Waals surface area contributed by atoms with E-state index >= 15 is 0 Å². The minimum absolute atomic E-state index is 0.139. The fourth-order valence-electron chi connectivity index (χ4n) is 1.90. The maximum absolute atomic E-state index is 5.47. The first-order valence-corrected chi connectivity index (χ1v) is 12.5. The van der Waals surface area contributed by atoms with Crippen LogP contribution in [0.25, 0.3) is 10.8 Å². The molecule has 0 fully saturated rings. The van der Waals surface area contributed by atoms with Gasteiger partial charge in [-0.05, 0) is 0 Å². The Hall–Kier alpha value is -0.121. The van der Waals surface area contributed by atoms with Crippen LogP contribution in [-0.2, 0) is 0 Å². The molecule has 2 aromatic carbocycles. The van der Waals surface area contributed by atoms with Crippen molar-refractivity contribution in [1.29, 1.82) is 0 Å². The first-order chi connectivity index (χ1) is 8.73. The van der Waals surface area contributed by atoms with Crippen molar-refractivity contribution in [1.82, 2.24) is 0 Å². The first kappa shape index (κ1) is 14.3. The van der Waals surface area contributed by atoms with Gasteiger partial charge in [0.05, 0.1) is 0 Å². The van der Waals surface area contributed by atoms with Crippen LogP contribution in [-0.4, -0.2) is 56.1 Å². The maximum atomic E-state index is 5.47. The van der Waals surface area contributed by atoms with Crippen LogP contribution in [0, 0.1) is 0 Å². The molecule has 0 saturated heterocycles. The third-order valence-corrected chi connectivity index (χ3v) is 7.18. The molecular weight excluding hydrogens is 455 g/mol. The van der Waals surface area contributed by atoms with Gasteiger partial charge in [-0.2, -0.15) is 0 Å². The molecule has 0 N–H and O–H groups in total. The quantitative estimate of drug-likeness (QED) is 0.632. The number of fused-ring (bicyclic) bond motifs is 1. The number of hydrogen-bond donors (Lipinski definition) is 0. The van der Waals surface area contributed by atoms with Crippen LogP contribution in [0.15, 0.2) is 24.3 Å². The van der Waals surface area contributed by atoms with E-state index in [9.17, 15) is 0 Å². The molecule has 4 heteroatoms. The van der Waals surface area contributed by atoms with E-state index in [1.54, 1.807) is 14.2 Å². The van der Waals surface area contributed by atoms with Gasteiger partial charge in [0, 0.05) is 0 Å². The Bertz CT molecular complexity index is 470. The Morgan fingerprint density at radius 2 is 1.11 bits per heavy atom. The molecule has 0 saturated carbocycles. The van der Waals surface area contributed by atoms with Gasteiger partial charge >= 0.3 is 129 Å². The Balaban J connectivity index is 2.69. The number of methoxy groups -OCH3 is 2. The van der Waals surface area contributed by atoms with Crippen LogP contribution >= 0.6 is 0 Å². The van der Waals surface area contributed by atoms with Crippen molar-refractivity contribution in [2.75, 3.05) is 14.2 Å². The van der Waals surface area contributed by atoms with E-state index in [4.69, 9.17) is 9.47 Å². The van der Waals surface area contributed by atoms with Gasteiger partial charge < -0.3 is 0 Å². The van der Waals surface area contributed by atoms with Crippen molar-refractivity contribution in [3.05, 3.63) is 24.3 Å². The molecule has 0 unspecified atom stereocenters. The van der Waals surface area contributed by atoms with Crippen molar-refractivity contribution in [2.45, 2.75) is 9.94 Å². The summed E-state index contributed by atoms with van der Waals surface area (Å²) in [5, 5.41) is 2.53. The zero-order valence-corrected chi connectivity index (χ0v) is 15.6. The Morgan fingerprint density at radius 3 is 1.44 bits per heavy atom. The Morgan fingerprint density at radius 1 is 0.722 bits per heavy atom. The van der Waals surface area contributed by atoms with E-state index in [1.807, 2.05) is 0 Å². The monoisotopic (exact) mass is 476 g/mol. The van der Waals surface area contributed by atoms with Gasteiger partial charge in [-0.3, -0.25) is 0 Å². The third kappa shape index (κ3) is 2.73. The van der Waals surface area contributed by atoms with Gasteiger partial charge in [0.2, 0.25) is 0 Å². The molecule has 0 radical (unpaired) electrons. The number of rotatable bonds is 4. The third-order valence-electron chi connectivity index (χ3n) is 2.85. The Labute approximate surface area is 128 Å². The van der Waals surface area contributed by atoms with Crippen molar-refractivity contribution >= 4 is 59.8 Å². The van der Waals surface area contributed by atoms with Gasteiger partial charge in [-0.1, -0.05) is 0 Å². The average molecular weight is 471 g/mol. The summed E-state index contributed by atoms with van der Waals surface area (Å²) in [6, 6.07) is 8.87. The summed E-state index contributed by atoms with van der Waals surface area (Å²) in [5.41, 5.74) is 0. The molecule has 0 aliphatic heterocycles. The van der Waals surface area contributed by atoms with Crippen LogP contribution in [0.3, 0.4) is 0 Å². The fraction of sp³-hybridized carbons (Fsp3) is 0.286. The van der Waals surface area contributed by atoms with E-state index in [0.717, 1.165) is 11.5 Å². The summed E-state index contributed by atoms with van der Waals surface area (Å²) >= 11 is -0.278. The van der Waals surface area contributed by atoms with Crippen LogP contribution < -0.4 is 16.7 Å². The molecule has 18 heavy (non-hydrogen) atoms. The molecule has 0 spiro atoms. The van der Waals surface area contributed by atoms with E-state index < -0.39 is 0 Å². The minimum atomic E-state index is -0.139. The molecule has 0 aliphatic rings. The molecule has 0 amide bonds. The topological polar surface area (TPSA) is 18.5 Å². The summed E-state index contributed by atoms with van der Waals surface area (Å²) in [6.07, 6.45) is 0. The van der Waals surface area contributed by atoms with Crippen LogP contribution in [0.2, 0.25) is 9.94 Å². The van der Waals surface area contributed by atoms with Crippen LogP contribution in [0.4, 0.5) is 0 Å². The molecule has 2 rings (SSSR count). The molecule has 2 nitrogen and oxygen atoms in total. The predicted octanol–water partition coefficient (Wildman–Crippen LogP) is 1.61. The standard InChI is InChI=1S/C14H16O2Te2/c1-15-11-5-9-6-12(16-2)14(18-4)8-10(9)7-13(11)17-3/h5-8H,1-4H3. The van der Waals surface area contributed by atoms with Crippen molar-refractivity contribution < 1.29 is 9.47 Å². The molecule has 96 valence electrons. The van der Waals surface area contributed by atoms with Crippen molar-refractivity contribution in [2.24, 2.45) is 0 Å². The van der Waals surface area contributed by atoms with Gasteiger partial charge in [0.15, 0.2) is 0 Å². The van der Waals surface area contributed by atoms with E-state index in [1.165, 1.54) is 18.0 Å². The molecular formula is C14H16O2Te2. The van der Waals surface area contributed by atoms with Gasteiger partial charge in [-0.25, -0.2) is 0 Å². The molecule has 0 atom stereocenters. The predicted molar refractivity (Wildman–Crippen MR) is 79.6 cm³/mol. The SMILES string of the molecule is COc1cc2cc(OC)c([Te]C)cc2cc1[Te]C. The van der Waals surface area contributed by atoms with Crippen LogP contribution in [0.5, 0.6) is 11.5 Å². The zero-order valence-electron chi connectivity index (χ0n) is 10.9. The second-order valence-corrected chi connectivity index (χ2v) is 8.60. The van der Waals surface area contributed by atoms with Crippen molar-refractivity contribution in [3.8, 4) is 11.5 Å². The summed E-state index contributed by atoms with van der Waals surface area (Å²) in [4.78, 5) is 4.57. The Kier molecular flexibility index (Phi) is 5.05. The van der Waals surface area contributed by atoms with Crippen LogP contribution in [0.1, 0.15) is 0 Å². The van der Waals surface area contributed by atoms with Gasteiger partial charge in [-0.15, -0.1) is 0 Å². The van der Waals surface area contributed by atoms with E-state index in [0.29, 0.717) is 0 Å². The summed E-state index contributed by atoms with van der Waals surface area (Å²) < 4.78 is 13.7. The zero-order chi connectivity index (χ0) is 13.1.